The van der Waals surface area contributed by atoms with Crippen LogP contribution in [0.25, 0.3) is 0 Å². The summed E-state index contributed by atoms with van der Waals surface area (Å²) in [7, 11) is 0. The van der Waals surface area contributed by atoms with Crippen molar-refractivity contribution in [1.29, 1.82) is 0 Å². The molecule has 0 aromatic rings. The number of aliphatic carboxylic acids is 1. The number of guanidine groups is 1. The molecule has 20 heteroatoms. The number of nitrogens with one attached hydrogen (secondary N) is 3. The maximum absolute atomic E-state index is 12.3. The van der Waals surface area contributed by atoms with E-state index >= 15 is 0 Å². The molecule has 0 aromatic heterocycles. The molecule has 1 heterocycles. The molecule has 47 heavy (non-hydrogen) atoms. The largest absolute Gasteiger partial charge is 0.478 e. The van der Waals surface area contributed by atoms with Gasteiger partial charge in [0.05, 0.1) is 24.7 Å². The number of nitrogens with two attached hydrogens (primary N) is 5. The second kappa shape index (κ2) is 20.6. The van der Waals surface area contributed by atoms with Gasteiger partial charge < -0.3 is 69.4 Å². The smallest absolute Gasteiger partial charge is 0.370 e. The number of ether oxygens (including phenoxy) is 2. The summed E-state index contributed by atoms with van der Waals surface area (Å²) in [5.41, 5.74) is 27.1. The molecule has 0 saturated carbocycles. The van der Waals surface area contributed by atoms with E-state index < -0.39 is 84.4 Å². The van der Waals surface area contributed by atoms with Crippen LogP contribution in [0.4, 0.5) is 0 Å². The zero-order valence-corrected chi connectivity index (χ0v) is 26.1. The lowest BCUT2D eigenvalue weighted by Gasteiger charge is -2.40. The summed E-state index contributed by atoms with van der Waals surface area (Å²) < 4.78 is 11.4. The van der Waals surface area contributed by atoms with Crippen LogP contribution < -0.4 is 44.6 Å². The maximum Gasteiger partial charge on any atom is 0.370 e. The molecule has 0 radical (unpaired) electrons. The van der Waals surface area contributed by atoms with Gasteiger partial charge in [-0.3, -0.25) is 24.0 Å². The number of amides is 5. The van der Waals surface area contributed by atoms with E-state index in [1.165, 1.54) is 6.92 Å². The third-order valence-corrected chi connectivity index (χ3v) is 6.89. The van der Waals surface area contributed by atoms with Gasteiger partial charge in [0.15, 0.2) is 12.1 Å². The number of unbranched alkanes of at least 4 members (excludes halogenated alkanes) is 2. The van der Waals surface area contributed by atoms with Gasteiger partial charge in [-0.15, -0.1) is 0 Å². The van der Waals surface area contributed by atoms with Crippen molar-refractivity contribution in [3.05, 3.63) is 11.8 Å². The SMILES string of the molecule is CC(=O)N[C@H]1[C@H]([C@H](OCCCCCNC(=O)CC[C@H](N)C(=O)N[C@@H](CCC(N)=O)C(N)=O)[C@H](O)CO)OC(C(=O)O)=C[C@@H]1N=C(N)N. The van der Waals surface area contributed by atoms with E-state index in [2.05, 4.69) is 20.9 Å². The summed E-state index contributed by atoms with van der Waals surface area (Å²) in [5, 5.41) is 37.3. The van der Waals surface area contributed by atoms with Crippen LogP contribution in [0.1, 0.15) is 51.9 Å². The van der Waals surface area contributed by atoms with Crippen molar-refractivity contribution in [2.24, 2.45) is 33.7 Å². The highest BCUT2D eigenvalue weighted by molar-refractivity contribution is 5.89. The third-order valence-electron chi connectivity index (χ3n) is 6.89. The summed E-state index contributed by atoms with van der Waals surface area (Å²) in [6.07, 6.45) is -1.91. The van der Waals surface area contributed by atoms with Gasteiger partial charge >= 0.3 is 5.97 Å². The number of carboxylic acids is 1. The molecule has 266 valence electrons. The summed E-state index contributed by atoms with van der Waals surface area (Å²) in [4.78, 5) is 74.5. The minimum absolute atomic E-state index is 0.0209. The minimum Gasteiger partial charge on any atom is -0.478 e. The number of aliphatic hydroxyl groups excluding tert-OH is 2. The number of nitrogens with zero attached hydrogens (tertiary/aromatic N) is 1. The van der Waals surface area contributed by atoms with Crippen LogP contribution in [-0.2, 0) is 38.2 Å². The Morgan fingerprint density at radius 3 is 2.28 bits per heavy atom. The average molecular weight is 674 g/mol. The fourth-order valence-corrected chi connectivity index (χ4v) is 4.53. The number of aliphatic imine (C=N–C) groups is 1. The second-order valence-corrected chi connectivity index (χ2v) is 10.8. The summed E-state index contributed by atoms with van der Waals surface area (Å²) in [6, 6.07) is -4.38. The van der Waals surface area contributed by atoms with Crippen LogP contribution in [0.15, 0.2) is 16.8 Å². The lowest BCUT2D eigenvalue weighted by atomic mass is 9.92. The molecule has 0 spiro atoms. The molecule has 0 saturated heterocycles. The lowest BCUT2D eigenvalue weighted by molar-refractivity contribution is -0.153. The van der Waals surface area contributed by atoms with Gasteiger partial charge in [-0.1, -0.05) is 0 Å². The molecule has 7 atom stereocenters. The van der Waals surface area contributed by atoms with Crippen molar-refractivity contribution in [1.82, 2.24) is 16.0 Å². The molecule has 0 aliphatic carbocycles. The predicted octanol–water partition coefficient (Wildman–Crippen LogP) is -5.13. The number of carbonyl (C=O) groups excluding carboxylic acids is 5. The number of aliphatic hydroxyl groups is 2. The van der Waals surface area contributed by atoms with Crippen molar-refractivity contribution in [2.45, 2.75) is 94.3 Å². The molecule has 1 aliphatic rings. The number of rotatable bonds is 22. The van der Waals surface area contributed by atoms with Crippen molar-refractivity contribution in [3.8, 4) is 0 Å². The Balaban J connectivity index is 2.61. The normalized spacial score (nSPS) is 19.8. The number of hydrogen-bond donors (Lipinski definition) is 11. The second-order valence-electron chi connectivity index (χ2n) is 10.8. The summed E-state index contributed by atoms with van der Waals surface area (Å²) >= 11 is 0. The fourth-order valence-electron chi connectivity index (χ4n) is 4.53. The Kier molecular flexibility index (Phi) is 17.7. The van der Waals surface area contributed by atoms with E-state index in [1.54, 1.807) is 0 Å². The van der Waals surface area contributed by atoms with Gasteiger partial charge in [-0.05, 0) is 38.2 Å². The van der Waals surface area contributed by atoms with E-state index in [1.807, 2.05) is 0 Å². The zero-order valence-electron chi connectivity index (χ0n) is 26.1. The van der Waals surface area contributed by atoms with Crippen molar-refractivity contribution < 1.29 is 53.6 Å². The van der Waals surface area contributed by atoms with E-state index in [4.69, 9.17) is 38.1 Å². The Bertz CT molecular complexity index is 1160. The number of hydrogen-bond acceptors (Lipinski definition) is 12. The van der Waals surface area contributed by atoms with Gasteiger partial charge in [0.1, 0.15) is 18.2 Å². The third kappa shape index (κ3) is 15.1. The molecule has 1 aliphatic heterocycles. The molecular weight excluding hydrogens is 626 g/mol. The average Bonchev–Trinajstić information content (AvgIpc) is 2.98. The first-order valence-electron chi connectivity index (χ1n) is 14.9. The van der Waals surface area contributed by atoms with E-state index in [0.29, 0.717) is 19.3 Å². The quantitative estimate of drug-likeness (QED) is 0.0291. The summed E-state index contributed by atoms with van der Waals surface area (Å²) in [5.74, 6) is -5.51. The number of carboxylic acid groups (broad SMARTS) is 1. The van der Waals surface area contributed by atoms with Crippen LogP contribution in [0.5, 0.6) is 0 Å². The molecule has 0 bridgehead atoms. The first kappa shape index (κ1) is 40.5. The Labute approximate surface area is 270 Å². The van der Waals surface area contributed by atoms with E-state index in [0.717, 1.165) is 6.08 Å². The molecule has 0 aromatic carbocycles. The predicted molar refractivity (Wildman–Crippen MR) is 164 cm³/mol. The number of carbonyl (C=O) groups is 6. The van der Waals surface area contributed by atoms with Crippen LogP contribution >= 0.6 is 0 Å². The van der Waals surface area contributed by atoms with E-state index in [-0.39, 0.29) is 50.7 Å². The van der Waals surface area contributed by atoms with Gasteiger partial charge in [0.2, 0.25) is 35.3 Å². The van der Waals surface area contributed by atoms with Gasteiger partial charge in [0.25, 0.3) is 0 Å². The Morgan fingerprint density at radius 1 is 1.04 bits per heavy atom. The molecule has 1 rings (SSSR count). The molecular formula is C27H47N9O11. The highest BCUT2D eigenvalue weighted by Crippen LogP contribution is 2.26. The van der Waals surface area contributed by atoms with Crippen molar-refractivity contribution in [2.75, 3.05) is 19.8 Å². The first-order valence-corrected chi connectivity index (χ1v) is 14.9. The van der Waals surface area contributed by atoms with E-state index in [9.17, 15) is 44.1 Å². The topological polar surface area (TPSA) is 360 Å². The molecule has 20 nitrogen and oxygen atoms in total. The van der Waals surface area contributed by atoms with Crippen LogP contribution in [0.3, 0.4) is 0 Å². The maximum atomic E-state index is 12.3. The highest BCUT2D eigenvalue weighted by atomic mass is 16.6. The van der Waals surface area contributed by atoms with Crippen molar-refractivity contribution >= 4 is 41.5 Å². The minimum atomic E-state index is -1.53. The standard InChI is InChI=1S/C27H47N9O11/c1-13(38)34-21-16(36-27(31)32)11-18(26(44)45)47-23(21)22(17(39)12-37)46-10-4-2-3-9-33-20(41)8-5-14(28)25(43)35-15(24(30)42)6-7-19(29)40/h11,14-17,21-23,37,39H,2-10,12,28H2,1H3,(H2,29,40)(H2,30,42)(H,33,41)(H,34,38)(H,35,43)(H,44,45)(H4,31,32,36)/t14-,15-,16-,17+,21+,22+,23+/m0/s1. The number of primary amides is 2. The van der Waals surface area contributed by atoms with Gasteiger partial charge in [-0.25, -0.2) is 9.79 Å². The van der Waals surface area contributed by atoms with Gasteiger partial charge in [0, 0.05) is 32.9 Å². The lowest BCUT2D eigenvalue weighted by Crippen LogP contribution is -2.60. The molecule has 0 fully saturated rings. The van der Waals surface area contributed by atoms with Crippen LogP contribution in [0.2, 0.25) is 0 Å². The fraction of sp³-hybridized carbons (Fsp3) is 0.667. The molecule has 5 amide bonds. The Morgan fingerprint density at radius 2 is 1.72 bits per heavy atom. The monoisotopic (exact) mass is 673 g/mol. The Hall–Kier alpha value is -4.53. The van der Waals surface area contributed by atoms with Crippen LogP contribution in [-0.4, -0.2) is 119 Å². The molecule has 16 N–H and O–H groups in total. The van der Waals surface area contributed by atoms with Crippen molar-refractivity contribution in [3.63, 3.8) is 0 Å². The zero-order chi connectivity index (χ0) is 35.7. The first-order chi connectivity index (χ1) is 22.1. The van der Waals surface area contributed by atoms with Gasteiger partial charge in [-0.2, -0.15) is 0 Å². The molecule has 0 unspecified atom stereocenters. The van der Waals surface area contributed by atoms with Crippen LogP contribution in [0, 0.1) is 0 Å². The summed E-state index contributed by atoms with van der Waals surface area (Å²) in [6.45, 7) is 0.745. The highest BCUT2D eigenvalue weighted by Gasteiger charge is 2.45.